The fraction of sp³-hybridized carbons (Fsp3) is 0.833. The molecule has 0 aromatic rings. The molecule has 3 nitrogen and oxygen atoms in total. The lowest BCUT2D eigenvalue weighted by molar-refractivity contribution is -0.0494. The lowest BCUT2D eigenvalue weighted by Gasteiger charge is -2.60. The second-order valence-electron chi connectivity index (χ2n) is 10.7. The van der Waals surface area contributed by atoms with Gasteiger partial charge in [0.2, 0.25) is 0 Å². The monoisotopic (exact) mass is 370 g/mol. The van der Waals surface area contributed by atoms with Gasteiger partial charge in [0, 0.05) is 25.7 Å². The van der Waals surface area contributed by atoms with Crippen LogP contribution in [-0.2, 0) is 0 Å². The van der Waals surface area contributed by atoms with Gasteiger partial charge in [0.1, 0.15) is 0 Å². The van der Waals surface area contributed by atoms with Crippen molar-refractivity contribution in [1.29, 1.82) is 0 Å². The summed E-state index contributed by atoms with van der Waals surface area (Å²) in [6.45, 7) is 10.9. The van der Waals surface area contributed by atoms with Crippen LogP contribution in [0.5, 0.6) is 0 Å². The van der Waals surface area contributed by atoms with E-state index in [1.807, 2.05) is 0 Å². The maximum atomic E-state index is 10.3. The van der Waals surface area contributed by atoms with Crippen LogP contribution in [0.15, 0.2) is 23.3 Å². The Labute approximate surface area is 165 Å². The van der Waals surface area contributed by atoms with Gasteiger partial charge in [-0.05, 0) is 78.6 Å². The molecule has 0 amide bonds. The number of allylic oxidation sites excluding steroid dienone is 2. The molecule has 4 aliphatic carbocycles. The van der Waals surface area contributed by atoms with Crippen LogP contribution in [0.25, 0.3) is 0 Å². The van der Waals surface area contributed by atoms with Crippen molar-refractivity contribution in [2.45, 2.75) is 71.4 Å². The highest BCUT2D eigenvalue weighted by molar-refractivity contribution is 5.33. The van der Waals surface area contributed by atoms with E-state index < -0.39 is 0 Å². The molecule has 0 aromatic carbocycles. The summed E-state index contributed by atoms with van der Waals surface area (Å²) in [5, 5.41) is 17.6. The largest absolute Gasteiger partial charge is 0.393 e. The first-order valence-electron chi connectivity index (χ1n) is 11.5. The quantitative estimate of drug-likeness (QED) is 0.617. The summed E-state index contributed by atoms with van der Waals surface area (Å²) in [6.07, 6.45) is 12.2. The van der Waals surface area contributed by atoms with Crippen LogP contribution in [0, 0.1) is 34.5 Å². The molecule has 1 aliphatic heterocycles. The molecular formula is C24H38N2O. The number of hydrogen-bond acceptors (Lipinski definition) is 3. The summed E-state index contributed by atoms with van der Waals surface area (Å²) >= 11 is 0. The second-order valence-corrected chi connectivity index (χ2v) is 10.7. The van der Waals surface area contributed by atoms with Crippen molar-refractivity contribution >= 4 is 0 Å². The topological polar surface area (TPSA) is 44.3 Å². The summed E-state index contributed by atoms with van der Waals surface area (Å²) in [5.74, 6) is 3.06. The molecule has 0 radical (unpaired) electrons. The highest BCUT2D eigenvalue weighted by atomic mass is 16.3. The van der Waals surface area contributed by atoms with E-state index in [0.29, 0.717) is 22.8 Å². The Hall–Kier alpha value is -0.640. The van der Waals surface area contributed by atoms with E-state index in [1.165, 1.54) is 25.7 Å². The van der Waals surface area contributed by atoms with Gasteiger partial charge in [0.05, 0.1) is 6.10 Å². The number of fused-ring (bicyclic) bond motifs is 5. The van der Waals surface area contributed by atoms with Crippen molar-refractivity contribution in [2.75, 3.05) is 19.6 Å². The van der Waals surface area contributed by atoms with Gasteiger partial charge in [-0.15, -0.1) is 0 Å². The van der Waals surface area contributed by atoms with Crippen LogP contribution in [-0.4, -0.2) is 36.9 Å². The van der Waals surface area contributed by atoms with E-state index in [-0.39, 0.29) is 6.10 Å². The van der Waals surface area contributed by atoms with Crippen molar-refractivity contribution in [1.82, 2.24) is 10.6 Å². The van der Waals surface area contributed by atoms with Crippen LogP contribution in [0.4, 0.5) is 0 Å². The number of nitrogens with one attached hydrogen (secondary N) is 2. The van der Waals surface area contributed by atoms with Crippen molar-refractivity contribution < 1.29 is 5.11 Å². The van der Waals surface area contributed by atoms with E-state index >= 15 is 0 Å². The van der Waals surface area contributed by atoms with E-state index in [9.17, 15) is 5.11 Å². The number of aliphatic hydroxyl groups is 1. The van der Waals surface area contributed by atoms with E-state index in [0.717, 1.165) is 50.2 Å². The van der Waals surface area contributed by atoms with Gasteiger partial charge in [0.25, 0.3) is 0 Å². The number of piperazine rings is 1. The average Bonchev–Trinajstić information content (AvgIpc) is 3.01. The number of aliphatic hydroxyl groups excluding tert-OH is 1. The SMILES string of the molecule is CC1C=C2CC(O)CC[C@]2(C)[C@@H]2CC[C@]3(C)C(C4CNCCN4)=CC[C@H]3[C@H]12. The minimum absolute atomic E-state index is 0.105. The van der Waals surface area contributed by atoms with Crippen molar-refractivity contribution in [3.63, 3.8) is 0 Å². The summed E-state index contributed by atoms with van der Waals surface area (Å²) in [5.41, 5.74) is 4.01. The van der Waals surface area contributed by atoms with E-state index in [1.54, 1.807) is 11.1 Å². The number of rotatable bonds is 1. The average molecular weight is 371 g/mol. The van der Waals surface area contributed by atoms with Crippen LogP contribution in [0.1, 0.15) is 59.3 Å². The molecule has 3 N–H and O–H groups in total. The van der Waals surface area contributed by atoms with Gasteiger partial charge in [-0.25, -0.2) is 0 Å². The predicted octanol–water partition coefficient (Wildman–Crippen LogP) is 3.65. The van der Waals surface area contributed by atoms with Gasteiger partial charge in [-0.1, -0.05) is 38.5 Å². The minimum atomic E-state index is -0.105. The summed E-state index contributed by atoms with van der Waals surface area (Å²) in [4.78, 5) is 0. The normalized spacial score (nSPS) is 52.3. The Kier molecular flexibility index (Phi) is 4.38. The molecular weight excluding hydrogens is 332 g/mol. The van der Waals surface area contributed by atoms with Crippen LogP contribution >= 0.6 is 0 Å². The second kappa shape index (κ2) is 6.43. The molecule has 8 atom stereocenters. The standard InChI is InChI=1S/C24H38N2O/c1-15-12-16-13-17(27)6-8-23(16,2)20-7-9-24(3)18(4-5-19(24)22(15)20)21-14-25-10-11-26-21/h4,12,15,17,19-22,25-27H,5-11,13-14H2,1-3H3/t15?,17?,19-,20+,21?,22-,23-,24+/m0/s1. The first kappa shape index (κ1) is 18.4. The van der Waals surface area contributed by atoms with Crippen molar-refractivity contribution in [2.24, 2.45) is 34.5 Å². The third-order valence-electron chi connectivity index (χ3n) is 9.47. The lowest BCUT2D eigenvalue weighted by Crippen LogP contribution is -2.55. The smallest absolute Gasteiger partial charge is 0.0577 e. The van der Waals surface area contributed by atoms with E-state index in [2.05, 4.69) is 43.6 Å². The van der Waals surface area contributed by atoms with Crippen LogP contribution in [0.2, 0.25) is 0 Å². The molecule has 0 bridgehead atoms. The fourth-order valence-electron chi connectivity index (χ4n) is 8.02. The molecule has 5 aliphatic rings. The van der Waals surface area contributed by atoms with Gasteiger partial charge in [0.15, 0.2) is 0 Å². The molecule has 3 heteroatoms. The molecule has 0 spiro atoms. The van der Waals surface area contributed by atoms with E-state index in [4.69, 9.17) is 0 Å². The molecule has 3 fully saturated rings. The Balaban J connectivity index is 1.46. The molecule has 5 rings (SSSR count). The highest BCUT2D eigenvalue weighted by Crippen LogP contribution is 2.66. The Morgan fingerprint density at radius 2 is 1.89 bits per heavy atom. The molecule has 1 saturated heterocycles. The molecule has 3 unspecified atom stereocenters. The fourth-order valence-corrected chi connectivity index (χ4v) is 8.02. The Morgan fingerprint density at radius 1 is 1.07 bits per heavy atom. The first-order valence-corrected chi connectivity index (χ1v) is 11.5. The lowest BCUT2D eigenvalue weighted by atomic mass is 9.45. The third-order valence-corrected chi connectivity index (χ3v) is 9.47. The van der Waals surface area contributed by atoms with Gasteiger partial charge in [-0.3, -0.25) is 0 Å². The van der Waals surface area contributed by atoms with Crippen LogP contribution in [0.3, 0.4) is 0 Å². The third kappa shape index (κ3) is 2.64. The zero-order valence-corrected chi connectivity index (χ0v) is 17.4. The van der Waals surface area contributed by atoms with Crippen LogP contribution < -0.4 is 10.6 Å². The zero-order valence-electron chi connectivity index (χ0n) is 17.4. The molecule has 1 heterocycles. The summed E-state index contributed by atoms with van der Waals surface area (Å²) < 4.78 is 0. The molecule has 0 aromatic heterocycles. The van der Waals surface area contributed by atoms with Gasteiger partial charge in [-0.2, -0.15) is 0 Å². The Morgan fingerprint density at radius 3 is 2.67 bits per heavy atom. The Bertz CT molecular complexity index is 663. The van der Waals surface area contributed by atoms with Gasteiger partial charge >= 0.3 is 0 Å². The maximum absolute atomic E-state index is 10.3. The maximum Gasteiger partial charge on any atom is 0.0577 e. The zero-order chi connectivity index (χ0) is 18.8. The minimum Gasteiger partial charge on any atom is -0.393 e. The molecule has 2 saturated carbocycles. The van der Waals surface area contributed by atoms with Crippen molar-refractivity contribution in [3.05, 3.63) is 23.3 Å². The highest BCUT2D eigenvalue weighted by Gasteiger charge is 2.58. The number of hydrogen-bond donors (Lipinski definition) is 3. The summed E-state index contributed by atoms with van der Waals surface area (Å²) in [7, 11) is 0. The predicted molar refractivity (Wildman–Crippen MR) is 110 cm³/mol. The van der Waals surface area contributed by atoms with Crippen molar-refractivity contribution in [3.8, 4) is 0 Å². The van der Waals surface area contributed by atoms with Gasteiger partial charge < -0.3 is 15.7 Å². The molecule has 150 valence electrons. The first-order chi connectivity index (χ1) is 12.9. The molecule has 27 heavy (non-hydrogen) atoms. The summed E-state index contributed by atoms with van der Waals surface area (Å²) in [6, 6.07) is 0.538.